The summed E-state index contributed by atoms with van der Waals surface area (Å²) in [6.45, 7) is 5.81. The maximum atomic E-state index is 13.6. The number of hydrogen-bond acceptors (Lipinski definition) is 4. The SMILES string of the molecule is CC(=O)N1CCN(C(=O)[C@H]2CCC(=O)N(c3ccc(C)cc3)[C@H]2c2cccs2)CC1. The minimum atomic E-state index is -0.299. The van der Waals surface area contributed by atoms with E-state index in [1.54, 1.807) is 23.2 Å². The van der Waals surface area contributed by atoms with Gasteiger partial charge in [-0.05, 0) is 36.9 Å². The molecule has 4 rings (SSSR count). The van der Waals surface area contributed by atoms with E-state index in [-0.39, 0.29) is 29.7 Å². The van der Waals surface area contributed by atoms with Crippen LogP contribution in [0.25, 0.3) is 0 Å². The summed E-state index contributed by atoms with van der Waals surface area (Å²) in [6.07, 6.45) is 0.912. The molecule has 0 N–H and O–H groups in total. The van der Waals surface area contributed by atoms with E-state index in [2.05, 4.69) is 0 Å². The van der Waals surface area contributed by atoms with Gasteiger partial charge in [0.1, 0.15) is 0 Å². The van der Waals surface area contributed by atoms with Crippen molar-refractivity contribution in [1.29, 1.82) is 0 Å². The predicted molar refractivity (Wildman–Crippen MR) is 117 cm³/mol. The highest BCUT2D eigenvalue weighted by Crippen LogP contribution is 2.42. The summed E-state index contributed by atoms with van der Waals surface area (Å²) in [7, 11) is 0. The molecule has 2 atom stereocenters. The molecule has 2 fully saturated rings. The summed E-state index contributed by atoms with van der Waals surface area (Å²) >= 11 is 1.59. The Hall–Kier alpha value is -2.67. The highest BCUT2D eigenvalue weighted by atomic mass is 32.1. The fourth-order valence-corrected chi connectivity index (χ4v) is 5.30. The molecule has 0 aliphatic carbocycles. The third kappa shape index (κ3) is 3.99. The number of hydrogen-bond donors (Lipinski definition) is 0. The minimum absolute atomic E-state index is 0.0485. The van der Waals surface area contributed by atoms with Crippen LogP contribution in [0.1, 0.15) is 36.2 Å². The average molecular weight is 426 g/mol. The van der Waals surface area contributed by atoms with Crippen LogP contribution in [0.15, 0.2) is 41.8 Å². The van der Waals surface area contributed by atoms with E-state index >= 15 is 0 Å². The zero-order valence-corrected chi connectivity index (χ0v) is 18.2. The fraction of sp³-hybridized carbons (Fsp3) is 0.435. The lowest BCUT2D eigenvalue weighted by Crippen LogP contribution is -2.54. The van der Waals surface area contributed by atoms with Crippen LogP contribution in [0.4, 0.5) is 5.69 Å². The molecule has 158 valence electrons. The molecule has 30 heavy (non-hydrogen) atoms. The number of piperazine rings is 1. The lowest BCUT2D eigenvalue weighted by Gasteiger charge is -2.43. The number of carbonyl (C=O) groups excluding carboxylic acids is 3. The summed E-state index contributed by atoms with van der Waals surface area (Å²) in [5.74, 6) is -0.0946. The number of nitrogens with zero attached hydrogens (tertiary/aromatic N) is 3. The van der Waals surface area contributed by atoms with Crippen molar-refractivity contribution in [3.05, 3.63) is 52.2 Å². The van der Waals surface area contributed by atoms with E-state index in [0.717, 1.165) is 16.1 Å². The Bertz CT molecular complexity index is 918. The van der Waals surface area contributed by atoms with Gasteiger partial charge < -0.3 is 14.7 Å². The lowest BCUT2D eigenvalue weighted by atomic mass is 9.85. The smallest absolute Gasteiger partial charge is 0.228 e. The molecule has 3 amide bonds. The van der Waals surface area contributed by atoms with Crippen LogP contribution in [0.5, 0.6) is 0 Å². The van der Waals surface area contributed by atoms with Crippen LogP contribution in [-0.2, 0) is 14.4 Å². The summed E-state index contributed by atoms with van der Waals surface area (Å²) < 4.78 is 0. The first-order chi connectivity index (χ1) is 14.5. The molecular weight excluding hydrogens is 398 g/mol. The molecule has 2 aliphatic rings. The maximum absolute atomic E-state index is 13.6. The molecule has 2 aliphatic heterocycles. The second kappa shape index (κ2) is 8.60. The topological polar surface area (TPSA) is 60.9 Å². The number of aryl methyl sites for hydroxylation is 1. The Kier molecular flexibility index (Phi) is 5.90. The van der Waals surface area contributed by atoms with Gasteiger partial charge in [-0.3, -0.25) is 14.4 Å². The molecule has 1 aromatic heterocycles. The van der Waals surface area contributed by atoms with E-state index in [1.165, 1.54) is 0 Å². The second-order valence-electron chi connectivity index (χ2n) is 8.04. The van der Waals surface area contributed by atoms with Gasteiger partial charge in [0.05, 0.1) is 12.0 Å². The molecule has 0 bridgehead atoms. The molecule has 0 saturated carbocycles. The number of carbonyl (C=O) groups is 3. The summed E-state index contributed by atoms with van der Waals surface area (Å²) in [5, 5.41) is 1.99. The molecule has 2 aromatic rings. The normalized spacial score (nSPS) is 22.3. The molecule has 0 unspecified atom stereocenters. The van der Waals surface area contributed by atoms with E-state index in [1.807, 2.05) is 58.5 Å². The number of anilines is 1. The largest absolute Gasteiger partial charge is 0.339 e. The van der Waals surface area contributed by atoms with E-state index < -0.39 is 0 Å². The van der Waals surface area contributed by atoms with Gasteiger partial charge in [0.2, 0.25) is 17.7 Å². The molecule has 0 radical (unpaired) electrons. The molecular formula is C23H27N3O3S. The van der Waals surface area contributed by atoms with E-state index in [9.17, 15) is 14.4 Å². The quantitative estimate of drug-likeness (QED) is 0.759. The Labute approximate surface area is 181 Å². The summed E-state index contributed by atoms with van der Waals surface area (Å²) in [6, 6.07) is 11.6. The zero-order chi connectivity index (χ0) is 21.3. The number of piperidine rings is 1. The van der Waals surface area contributed by atoms with Gasteiger partial charge >= 0.3 is 0 Å². The Morgan fingerprint density at radius 2 is 1.67 bits per heavy atom. The van der Waals surface area contributed by atoms with Crippen LogP contribution in [-0.4, -0.2) is 53.7 Å². The van der Waals surface area contributed by atoms with Crippen LogP contribution >= 0.6 is 11.3 Å². The summed E-state index contributed by atoms with van der Waals surface area (Å²) in [4.78, 5) is 44.7. The number of benzene rings is 1. The molecule has 1 aromatic carbocycles. The number of thiophene rings is 1. The first-order valence-electron chi connectivity index (χ1n) is 10.4. The van der Waals surface area contributed by atoms with E-state index in [0.29, 0.717) is 39.0 Å². The monoisotopic (exact) mass is 425 g/mol. The van der Waals surface area contributed by atoms with Gasteiger partial charge in [0.25, 0.3) is 0 Å². The van der Waals surface area contributed by atoms with Crippen molar-refractivity contribution in [1.82, 2.24) is 9.80 Å². The first-order valence-corrected chi connectivity index (χ1v) is 11.3. The van der Waals surface area contributed by atoms with Gasteiger partial charge in [0, 0.05) is 50.1 Å². The van der Waals surface area contributed by atoms with Gasteiger partial charge in [0.15, 0.2) is 0 Å². The molecule has 0 spiro atoms. The Morgan fingerprint density at radius 1 is 1.00 bits per heavy atom. The van der Waals surface area contributed by atoms with Crippen molar-refractivity contribution >= 4 is 34.7 Å². The third-order valence-electron chi connectivity index (χ3n) is 6.10. The van der Waals surface area contributed by atoms with Gasteiger partial charge in [-0.2, -0.15) is 0 Å². The number of rotatable bonds is 3. The lowest BCUT2D eigenvalue weighted by molar-refractivity contribution is -0.143. The van der Waals surface area contributed by atoms with Crippen molar-refractivity contribution in [2.24, 2.45) is 5.92 Å². The van der Waals surface area contributed by atoms with Crippen molar-refractivity contribution < 1.29 is 14.4 Å². The zero-order valence-electron chi connectivity index (χ0n) is 17.4. The Balaban J connectivity index is 1.63. The second-order valence-corrected chi connectivity index (χ2v) is 9.02. The molecule has 3 heterocycles. The highest BCUT2D eigenvalue weighted by molar-refractivity contribution is 7.10. The van der Waals surface area contributed by atoms with Crippen molar-refractivity contribution in [3.8, 4) is 0 Å². The van der Waals surface area contributed by atoms with Crippen LogP contribution < -0.4 is 4.90 Å². The Morgan fingerprint density at radius 3 is 2.27 bits per heavy atom. The minimum Gasteiger partial charge on any atom is -0.339 e. The predicted octanol–water partition coefficient (Wildman–Crippen LogP) is 3.23. The maximum Gasteiger partial charge on any atom is 0.228 e. The third-order valence-corrected chi connectivity index (χ3v) is 7.04. The van der Waals surface area contributed by atoms with Gasteiger partial charge in [-0.25, -0.2) is 0 Å². The molecule has 6 nitrogen and oxygen atoms in total. The van der Waals surface area contributed by atoms with Crippen LogP contribution in [0.3, 0.4) is 0 Å². The van der Waals surface area contributed by atoms with Gasteiger partial charge in [-0.15, -0.1) is 11.3 Å². The fourth-order valence-electron chi connectivity index (χ4n) is 4.42. The standard InChI is InChI=1S/C23H27N3O3S/c1-16-5-7-18(8-6-16)26-21(28)10-9-19(22(26)20-4-3-15-30-20)23(29)25-13-11-24(12-14-25)17(2)27/h3-8,15,19,22H,9-14H2,1-2H3/t19-,22+/m0/s1. The van der Waals surface area contributed by atoms with Crippen molar-refractivity contribution in [2.75, 3.05) is 31.1 Å². The summed E-state index contributed by atoms with van der Waals surface area (Å²) in [5.41, 5.74) is 1.97. The molecule has 7 heteroatoms. The van der Waals surface area contributed by atoms with E-state index in [4.69, 9.17) is 0 Å². The highest BCUT2D eigenvalue weighted by Gasteiger charge is 2.43. The van der Waals surface area contributed by atoms with Crippen LogP contribution in [0.2, 0.25) is 0 Å². The number of amides is 3. The molecule has 2 saturated heterocycles. The average Bonchev–Trinajstić information content (AvgIpc) is 3.28. The van der Waals surface area contributed by atoms with Gasteiger partial charge in [-0.1, -0.05) is 23.8 Å². The van der Waals surface area contributed by atoms with Crippen molar-refractivity contribution in [3.63, 3.8) is 0 Å². The first kappa shape index (κ1) is 20.6. The van der Waals surface area contributed by atoms with Crippen molar-refractivity contribution in [2.45, 2.75) is 32.7 Å². The van der Waals surface area contributed by atoms with Crippen LogP contribution in [0, 0.1) is 12.8 Å².